The molecule has 5 rings (SSSR count). The normalized spacial score (nSPS) is 20.0. The molecule has 0 saturated carbocycles. The molecule has 0 N–H and O–H groups in total. The van der Waals surface area contributed by atoms with Gasteiger partial charge in [0.2, 0.25) is 0 Å². The molecule has 13 heteroatoms. The van der Waals surface area contributed by atoms with E-state index in [1.54, 1.807) is 12.1 Å². The van der Waals surface area contributed by atoms with Crippen molar-refractivity contribution in [1.29, 1.82) is 0 Å². The molecule has 289 valence electrons. The second-order valence-electron chi connectivity index (χ2n) is 15.3. The maximum absolute atomic E-state index is 13.9. The van der Waals surface area contributed by atoms with E-state index < -0.39 is 51.0 Å². The van der Waals surface area contributed by atoms with E-state index in [1.165, 1.54) is 16.7 Å². The first-order valence-corrected chi connectivity index (χ1v) is 34.2. The second kappa shape index (κ2) is 14.3. The SMILES string of the molecule is CCCC(C)C1=Cc2c(C(C)CC)cccc2[CH]1[Zr]([Cl])([Cl])([CH]1C(C)=Cc2c(-c3ccc(C(C(F)(F)F)(C(F)(F)F)C(F)(F)F)cc3)cccc21)[SiH](C)C. The van der Waals surface area contributed by atoms with E-state index in [2.05, 4.69) is 65.1 Å². The van der Waals surface area contributed by atoms with Gasteiger partial charge in [0, 0.05) is 0 Å². The Kier molecular flexibility index (Phi) is 11.4. The third-order valence-electron chi connectivity index (χ3n) is 12.0. The fourth-order valence-electron chi connectivity index (χ4n) is 8.98. The van der Waals surface area contributed by atoms with E-state index in [0.717, 1.165) is 48.1 Å². The van der Waals surface area contributed by atoms with Crippen molar-refractivity contribution in [3.05, 3.63) is 105 Å². The van der Waals surface area contributed by atoms with Crippen LogP contribution in [0.3, 0.4) is 0 Å². The van der Waals surface area contributed by atoms with Crippen LogP contribution < -0.4 is 0 Å². The van der Waals surface area contributed by atoms with E-state index in [0.29, 0.717) is 17.0 Å². The van der Waals surface area contributed by atoms with Crippen molar-refractivity contribution in [1.82, 2.24) is 0 Å². The Balaban J connectivity index is 1.71. The molecule has 4 atom stereocenters. The zero-order valence-corrected chi connectivity index (χ0v) is 35.7. The molecule has 0 spiro atoms. The molecule has 4 unspecified atom stereocenters. The van der Waals surface area contributed by atoms with E-state index in [9.17, 15) is 39.5 Å². The number of allylic oxidation sites excluding steroid dienone is 2. The Morgan fingerprint density at radius 1 is 0.698 bits per heavy atom. The molecule has 2 aliphatic carbocycles. The number of rotatable bonds is 10. The average Bonchev–Trinajstić information content (AvgIpc) is 3.62. The maximum atomic E-state index is 13.9. The molecular formula is C40H44Cl2F9SiZr. The molecule has 0 saturated heterocycles. The molecule has 0 nitrogen and oxygen atoms in total. The van der Waals surface area contributed by atoms with Crippen molar-refractivity contribution in [3.8, 4) is 11.1 Å². The van der Waals surface area contributed by atoms with Crippen LogP contribution in [-0.2, 0) is 21.0 Å². The average molecular weight is 886 g/mol. The Labute approximate surface area is 314 Å². The third kappa shape index (κ3) is 6.47. The van der Waals surface area contributed by atoms with E-state index in [4.69, 9.17) is 17.0 Å². The number of halogens is 11. The minimum absolute atomic E-state index is 0.165. The van der Waals surface area contributed by atoms with Crippen LogP contribution in [0.25, 0.3) is 23.3 Å². The van der Waals surface area contributed by atoms with Crippen molar-refractivity contribution < 1.29 is 55.1 Å². The summed E-state index contributed by atoms with van der Waals surface area (Å²) in [5, 5.41) is 0. The molecule has 0 radical (unpaired) electrons. The fraction of sp³-hybridized carbons (Fsp3) is 0.450. The van der Waals surface area contributed by atoms with Crippen molar-refractivity contribution in [2.75, 3.05) is 0 Å². The van der Waals surface area contributed by atoms with Crippen LogP contribution in [0.15, 0.2) is 71.8 Å². The summed E-state index contributed by atoms with van der Waals surface area (Å²) in [7, 11) is 16.9. The van der Waals surface area contributed by atoms with Crippen LogP contribution in [0.1, 0.15) is 100 Å². The van der Waals surface area contributed by atoms with E-state index >= 15 is 0 Å². The van der Waals surface area contributed by atoms with Gasteiger partial charge in [0.1, 0.15) is 0 Å². The van der Waals surface area contributed by atoms with Crippen molar-refractivity contribution in [2.45, 2.75) is 104 Å². The predicted octanol–water partition coefficient (Wildman–Crippen LogP) is 14.8. The van der Waals surface area contributed by atoms with E-state index in [-0.39, 0.29) is 30.9 Å². The molecule has 3 aromatic carbocycles. The number of fused-ring (bicyclic) bond motifs is 2. The summed E-state index contributed by atoms with van der Waals surface area (Å²) >= 11 is -5.21. The summed E-state index contributed by atoms with van der Waals surface area (Å²) < 4.78 is 125. The molecule has 0 aliphatic heterocycles. The minimum atomic E-state index is -6.70. The van der Waals surface area contributed by atoms with Gasteiger partial charge in [0.05, 0.1) is 0 Å². The Bertz CT molecular complexity index is 1890. The Morgan fingerprint density at radius 2 is 1.23 bits per heavy atom. The first-order chi connectivity index (χ1) is 24.4. The first kappa shape index (κ1) is 42.3. The molecule has 0 aromatic heterocycles. The summed E-state index contributed by atoms with van der Waals surface area (Å²) in [6.07, 6.45) is -13.0. The van der Waals surface area contributed by atoms with Crippen LogP contribution >= 0.6 is 17.0 Å². The van der Waals surface area contributed by atoms with Gasteiger partial charge in [-0.05, 0) is 0 Å². The van der Waals surface area contributed by atoms with Gasteiger partial charge >= 0.3 is 316 Å². The molecule has 0 fully saturated rings. The van der Waals surface area contributed by atoms with E-state index in [1.807, 2.05) is 19.1 Å². The van der Waals surface area contributed by atoms with Gasteiger partial charge in [-0.1, -0.05) is 0 Å². The quantitative estimate of drug-likeness (QED) is 0.141. The Hall–Kier alpha value is -1.81. The van der Waals surface area contributed by atoms with Crippen LogP contribution in [-0.4, -0.2) is 24.5 Å². The second-order valence-corrected chi connectivity index (χ2v) is 57.8. The molecule has 2 aliphatic rings. The zero-order chi connectivity index (χ0) is 39.7. The van der Waals surface area contributed by atoms with Crippen LogP contribution in [0.2, 0.25) is 13.1 Å². The molecule has 0 heterocycles. The van der Waals surface area contributed by atoms with Crippen molar-refractivity contribution in [3.63, 3.8) is 0 Å². The van der Waals surface area contributed by atoms with Crippen LogP contribution in [0.4, 0.5) is 39.5 Å². The molecule has 0 amide bonds. The zero-order valence-electron chi connectivity index (χ0n) is 30.6. The van der Waals surface area contributed by atoms with Gasteiger partial charge in [0.25, 0.3) is 0 Å². The topological polar surface area (TPSA) is 0 Å². The van der Waals surface area contributed by atoms with Crippen LogP contribution in [0.5, 0.6) is 0 Å². The summed E-state index contributed by atoms with van der Waals surface area (Å²) in [5.74, 6) is -1.44. The standard InChI is InChI=1S/C20H12F9.C18H25.C2H7Si.2ClH.Zr/c1-11-9-13-3-2-4-15(16(13)10-11)12-5-7-14(8-6-12)17(18(21,22)23,19(24,25)26)20(27,28)29;1-5-8-14(4)16-11-15-9-7-10-17(13(3)6-2)18(15)12-16;1-3-2;;;/h2-10H,1H3;7,9-14H,5-6,8H2,1-4H3;3H,1-2H3;2*1H;/q;;;;;+2/p-2. The third-order valence-corrected chi connectivity index (χ3v) is 63.9. The monoisotopic (exact) mass is 883 g/mol. The van der Waals surface area contributed by atoms with Crippen LogP contribution in [0, 0.1) is 5.92 Å². The number of benzene rings is 3. The van der Waals surface area contributed by atoms with Gasteiger partial charge in [-0.15, -0.1) is 0 Å². The van der Waals surface area contributed by atoms with Crippen molar-refractivity contribution in [2.24, 2.45) is 5.92 Å². The van der Waals surface area contributed by atoms with Crippen molar-refractivity contribution >= 4 is 35.1 Å². The molecule has 53 heavy (non-hydrogen) atoms. The van der Waals surface area contributed by atoms with Gasteiger partial charge in [-0.2, -0.15) is 0 Å². The summed E-state index contributed by atoms with van der Waals surface area (Å²) in [5.41, 5.74) is -0.179. The molecular weight excluding hydrogens is 842 g/mol. The van der Waals surface area contributed by atoms with Gasteiger partial charge < -0.3 is 0 Å². The summed E-state index contributed by atoms with van der Waals surface area (Å²) in [6, 6.07) is 14.0. The van der Waals surface area contributed by atoms with Gasteiger partial charge in [-0.3, -0.25) is 0 Å². The Morgan fingerprint density at radius 3 is 1.72 bits per heavy atom. The van der Waals surface area contributed by atoms with Gasteiger partial charge in [0.15, 0.2) is 0 Å². The number of hydrogen-bond donors (Lipinski definition) is 0. The van der Waals surface area contributed by atoms with Gasteiger partial charge in [-0.25, -0.2) is 0 Å². The first-order valence-electron chi connectivity index (χ1n) is 17.9. The summed E-state index contributed by atoms with van der Waals surface area (Å²) in [6.45, 7) is 15.1. The fourth-order valence-corrected chi connectivity index (χ4v) is 41.1. The predicted molar refractivity (Wildman–Crippen MR) is 199 cm³/mol. The molecule has 3 aromatic rings. The summed E-state index contributed by atoms with van der Waals surface area (Å²) in [4.78, 5) is 0. The number of hydrogen-bond acceptors (Lipinski definition) is 0. The number of alkyl halides is 9. The molecule has 0 bridgehead atoms.